The molecule has 2 unspecified atom stereocenters. The molecule has 0 spiro atoms. The number of hydrogen-bond donors (Lipinski definition) is 1. The predicted molar refractivity (Wildman–Crippen MR) is 80.2 cm³/mol. The second kappa shape index (κ2) is 7.85. The molecule has 0 aromatic rings. The summed E-state index contributed by atoms with van der Waals surface area (Å²) in [6.45, 7) is 9.14. The van der Waals surface area contributed by atoms with Crippen LogP contribution in [0.2, 0.25) is 0 Å². The fraction of sp³-hybridized carbons (Fsp3) is 0.933. The van der Waals surface area contributed by atoms with Crippen molar-refractivity contribution in [2.45, 2.75) is 52.1 Å². The number of carbonyl (C=O) groups is 1. The first-order valence-corrected chi connectivity index (χ1v) is 7.59. The van der Waals surface area contributed by atoms with Gasteiger partial charge >= 0.3 is 0 Å². The van der Waals surface area contributed by atoms with Gasteiger partial charge in [-0.05, 0) is 46.2 Å². The molecule has 1 fully saturated rings. The normalized spacial score (nSPS) is 23.9. The molecule has 112 valence electrons. The Morgan fingerprint density at radius 1 is 1.26 bits per heavy atom. The van der Waals surface area contributed by atoms with Gasteiger partial charge in [0.2, 0.25) is 5.91 Å². The molecular formula is C15H31N3O. The van der Waals surface area contributed by atoms with Crippen molar-refractivity contribution in [1.29, 1.82) is 0 Å². The van der Waals surface area contributed by atoms with Crippen molar-refractivity contribution in [3.05, 3.63) is 0 Å². The number of amides is 1. The third-order valence-electron chi connectivity index (χ3n) is 3.63. The maximum Gasteiger partial charge on any atom is 0.239 e. The highest BCUT2D eigenvalue weighted by Gasteiger charge is 2.28. The van der Waals surface area contributed by atoms with Crippen molar-refractivity contribution in [3.63, 3.8) is 0 Å². The summed E-state index contributed by atoms with van der Waals surface area (Å²) in [4.78, 5) is 16.8. The van der Waals surface area contributed by atoms with Crippen molar-refractivity contribution < 1.29 is 4.79 Å². The van der Waals surface area contributed by atoms with Crippen molar-refractivity contribution in [2.24, 2.45) is 5.92 Å². The van der Waals surface area contributed by atoms with Crippen LogP contribution in [0.1, 0.15) is 40.0 Å². The SMILES string of the molecule is CC(C)CN(CCN(C)C)C(=O)C1CCCC(C)N1. The van der Waals surface area contributed by atoms with E-state index in [0.29, 0.717) is 17.9 Å². The van der Waals surface area contributed by atoms with Crippen LogP contribution >= 0.6 is 0 Å². The molecule has 0 aliphatic carbocycles. The van der Waals surface area contributed by atoms with E-state index in [4.69, 9.17) is 0 Å². The summed E-state index contributed by atoms with van der Waals surface area (Å²) in [5.41, 5.74) is 0. The van der Waals surface area contributed by atoms with E-state index in [0.717, 1.165) is 32.5 Å². The Morgan fingerprint density at radius 2 is 1.95 bits per heavy atom. The Bertz CT molecular complexity index is 279. The van der Waals surface area contributed by atoms with E-state index in [1.165, 1.54) is 6.42 Å². The van der Waals surface area contributed by atoms with Crippen LogP contribution in [-0.4, -0.2) is 61.5 Å². The molecule has 1 amide bonds. The highest BCUT2D eigenvalue weighted by molar-refractivity contribution is 5.82. The Morgan fingerprint density at radius 3 is 2.47 bits per heavy atom. The zero-order valence-corrected chi connectivity index (χ0v) is 13.3. The van der Waals surface area contributed by atoms with Gasteiger partial charge in [0.1, 0.15) is 0 Å². The van der Waals surface area contributed by atoms with Gasteiger partial charge in [0.25, 0.3) is 0 Å². The molecule has 0 radical (unpaired) electrons. The van der Waals surface area contributed by atoms with E-state index in [2.05, 4.69) is 45.1 Å². The molecule has 0 bridgehead atoms. The van der Waals surface area contributed by atoms with Gasteiger partial charge in [0.15, 0.2) is 0 Å². The molecule has 1 aliphatic heterocycles. The molecule has 1 heterocycles. The second-order valence-electron chi connectivity index (χ2n) is 6.53. The molecule has 4 nitrogen and oxygen atoms in total. The van der Waals surface area contributed by atoms with Crippen LogP contribution in [0.4, 0.5) is 0 Å². The lowest BCUT2D eigenvalue weighted by Crippen LogP contribution is -2.53. The summed E-state index contributed by atoms with van der Waals surface area (Å²) >= 11 is 0. The van der Waals surface area contributed by atoms with E-state index in [-0.39, 0.29) is 6.04 Å². The third-order valence-corrected chi connectivity index (χ3v) is 3.63. The minimum absolute atomic E-state index is 0.0321. The smallest absolute Gasteiger partial charge is 0.239 e. The fourth-order valence-corrected chi connectivity index (χ4v) is 2.61. The number of carbonyl (C=O) groups excluding carboxylic acids is 1. The summed E-state index contributed by atoms with van der Waals surface area (Å²) in [6.07, 6.45) is 3.33. The predicted octanol–water partition coefficient (Wildman–Crippen LogP) is 1.56. The number of likely N-dealkylation sites (N-methyl/N-ethyl adjacent to an activating group) is 1. The van der Waals surface area contributed by atoms with Gasteiger partial charge in [-0.2, -0.15) is 0 Å². The fourth-order valence-electron chi connectivity index (χ4n) is 2.61. The molecule has 1 N–H and O–H groups in total. The van der Waals surface area contributed by atoms with Gasteiger partial charge in [0.05, 0.1) is 6.04 Å². The molecule has 0 saturated carbocycles. The van der Waals surface area contributed by atoms with E-state index in [1.807, 2.05) is 4.90 Å². The number of nitrogens with one attached hydrogen (secondary N) is 1. The van der Waals surface area contributed by atoms with Crippen LogP contribution in [0.5, 0.6) is 0 Å². The summed E-state index contributed by atoms with van der Waals surface area (Å²) in [5, 5.41) is 3.45. The van der Waals surface area contributed by atoms with Crippen LogP contribution in [0.25, 0.3) is 0 Å². The number of piperidine rings is 1. The topological polar surface area (TPSA) is 35.6 Å². The van der Waals surface area contributed by atoms with E-state index in [9.17, 15) is 4.79 Å². The first-order valence-electron chi connectivity index (χ1n) is 7.59. The minimum atomic E-state index is 0.0321. The average Bonchev–Trinajstić information content (AvgIpc) is 2.33. The molecule has 19 heavy (non-hydrogen) atoms. The Kier molecular flexibility index (Phi) is 6.80. The standard InChI is InChI=1S/C15H31N3O/c1-12(2)11-18(10-9-17(4)5)15(19)14-8-6-7-13(3)16-14/h12-14,16H,6-11H2,1-5H3. The number of rotatable bonds is 6. The zero-order valence-electron chi connectivity index (χ0n) is 13.3. The lowest BCUT2D eigenvalue weighted by Gasteiger charge is -2.34. The zero-order chi connectivity index (χ0) is 14.4. The number of hydrogen-bond acceptors (Lipinski definition) is 3. The van der Waals surface area contributed by atoms with Crippen LogP contribution in [-0.2, 0) is 4.79 Å². The molecule has 4 heteroatoms. The lowest BCUT2D eigenvalue weighted by atomic mass is 9.98. The third kappa shape index (κ3) is 5.91. The van der Waals surface area contributed by atoms with Crippen LogP contribution in [0.3, 0.4) is 0 Å². The highest BCUT2D eigenvalue weighted by Crippen LogP contribution is 2.15. The Balaban J connectivity index is 2.58. The first-order chi connectivity index (χ1) is 8.90. The van der Waals surface area contributed by atoms with Crippen LogP contribution < -0.4 is 5.32 Å². The van der Waals surface area contributed by atoms with Crippen molar-refractivity contribution >= 4 is 5.91 Å². The van der Waals surface area contributed by atoms with E-state index >= 15 is 0 Å². The van der Waals surface area contributed by atoms with E-state index < -0.39 is 0 Å². The molecule has 0 aromatic carbocycles. The summed E-state index contributed by atoms with van der Waals surface area (Å²) in [5.74, 6) is 0.814. The molecule has 1 aliphatic rings. The summed E-state index contributed by atoms with van der Waals surface area (Å²) in [7, 11) is 4.11. The molecule has 0 aromatic heterocycles. The first kappa shape index (κ1) is 16.4. The van der Waals surface area contributed by atoms with Gasteiger partial charge in [-0.25, -0.2) is 0 Å². The molecule has 2 atom stereocenters. The number of nitrogens with zero attached hydrogens (tertiary/aromatic N) is 2. The largest absolute Gasteiger partial charge is 0.340 e. The Hall–Kier alpha value is -0.610. The quantitative estimate of drug-likeness (QED) is 0.795. The molecule has 1 rings (SSSR count). The maximum atomic E-state index is 12.6. The van der Waals surface area contributed by atoms with Crippen molar-refractivity contribution in [1.82, 2.24) is 15.1 Å². The summed E-state index contributed by atoms with van der Waals surface area (Å²) in [6, 6.07) is 0.502. The summed E-state index contributed by atoms with van der Waals surface area (Å²) < 4.78 is 0. The lowest BCUT2D eigenvalue weighted by molar-refractivity contribution is -0.135. The molecular weight excluding hydrogens is 238 g/mol. The van der Waals surface area contributed by atoms with Crippen LogP contribution in [0.15, 0.2) is 0 Å². The van der Waals surface area contributed by atoms with Crippen LogP contribution in [0, 0.1) is 5.92 Å². The minimum Gasteiger partial charge on any atom is -0.340 e. The van der Waals surface area contributed by atoms with Gasteiger partial charge in [-0.1, -0.05) is 13.8 Å². The second-order valence-corrected chi connectivity index (χ2v) is 6.53. The van der Waals surface area contributed by atoms with Gasteiger partial charge in [0, 0.05) is 25.7 Å². The van der Waals surface area contributed by atoms with Crippen molar-refractivity contribution in [2.75, 3.05) is 33.7 Å². The van der Waals surface area contributed by atoms with Crippen molar-refractivity contribution in [3.8, 4) is 0 Å². The maximum absolute atomic E-state index is 12.6. The van der Waals surface area contributed by atoms with Gasteiger partial charge in [-0.15, -0.1) is 0 Å². The average molecular weight is 269 g/mol. The molecule has 1 saturated heterocycles. The van der Waals surface area contributed by atoms with E-state index in [1.54, 1.807) is 0 Å². The monoisotopic (exact) mass is 269 g/mol. The van der Waals surface area contributed by atoms with Gasteiger partial charge < -0.3 is 15.1 Å². The van der Waals surface area contributed by atoms with Gasteiger partial charge in [-0.3, -0.25) is 4.79 Å². The Labute approximate surface area is 118 Å². The highest BCUT2D eigenvalue weighted by atomic mass is 16.2.